The maximum Gasteiger partial charge on any atom is 0.166 e. The standard InChI is InChI=1S/C16H11F2N3O/c17-11-3-9(4-12(18)7-11)10-5-14-13(15(22)6-10)8-21-16(20-14)1-2-19-21/h1-4,7-8,10H,5-6H2. The quantitative estimate of drug-likeness (QED) is 0.694. The third-order valence-electron chi connectivity index (χ3n) is 3.99. The number of halogens is 2. The van der Waals surface area contributed by atoms with Gasteiger partial charge < -0.3 is 0 Å². The number of Topliss-reactive ketones (excluding diaryl/α,β-unsaturated/α-hetero) is 1. The van der Waals surface area contributed by atoms with Crippen LogP contribution in [0.3, 0.4) is 0 Å². The van der Waals surface area contributed by atoms with Crippen LogP contribution in [0.15, 0.2) is 36.7 Å². The fraction of sp³-hybridized carbons (Fsp3) is 0.188. The van der Waals surface area contributed by atoms with E-state index in [0.29, 0.717) is 28.9 Å². The molecule has 0 saturated carbocycles. The Balaban J connectivity index is 1.78. The van der Waals surface area contributed by atoms with Crippen molar-refractivity contribution in [2.45, 2.75) is 18.8 Å². The van der Waals surface area contributed by atoms with E-state index >= 15 is 0 Å². The molecule has 4 nitrogen and oxygen atoms in total. The average molecular weight is 299 g/mol. The number of ketones is 1. The Labute approximate surface area is 124 Å². The van der Waals surface area contributed by atoms with Crippen molar-refractivity contribution in [1.82, 2.24) is 14.6 Å². The van der Waals surface area contributed by atoms with Gasteiger partial charge in [-0.05, 0) is 30.0 Å². The molecule has 0 radical (unpaired) electrons. The zero-order chi connectivity index (χ0) is 15.3. The molecule has 0 bridgehead atoms. The van der Waals surface area contributed by atoms with Crippen LogP contribution in [-0.2, 0) is 6.42 Å². The van der Waals surface area contributed by atoms with Crippen LogP contribution in [0.2, 0.25) is 0 Å². The molecule has 4 rings (SSSR count). The molecular weight excluding hydrogens is 288 g/mol. The molecule has 0 N–H and O–H groups in total. The van der Waals surface area contributed by atoms with Crippen molar-refractivity contribution in [2.75, 3.05) is 0 Å². The Morgan fingerprint density at radius 2 is 1.91 bits per heavy atom. The SMILES string of the molecule is O=C1CC(c2cc(F)cc(F)c2)Cc2nc3ccnn3cc21. The van der Waals surface area contributed by atoms with Gasteiger partial charge in [0.2, 0.25) is 0 Å². The fourth-order valence-corrected chi connectivity index (χ4v) is 2.97. The van der Waals surface area contributed by atoms with E-state index in [1.807, 2.05) is 0 Å². The second-order valence-electron chi connectivity index (χ2n) is 5.47. The molecule has 0 amide bonds. The molecule has 0 aliphatic heterocycles. The first-order valence-electron chi connectivity index (χ1n) is 6.92. The topological polar surface area (TPSA) is 47.3 Å². The summed E-state index contributed by atoms with van der Waals surface area (Å²) in [4.78, 5) is 16.8. The van der Waals surface area contributed by atoms with Crippen LogP contribution in [0.5, 0.6) is 0 Å². The summed E-state index contributed by atoms with van der Waals surface area (Å²) >= 11 is 0. The third kappa shape index (κ3) is 2.07. The van der Waals surface area contributed by atoms with Gasteiger partial charge in [-0.25, -0.2) is 18.3 Å². The maximum absolute atomic E-state index is 13.4. The predicted octanol–water partition coefficient (Wildman–Crippen LogP) is 2.92. The summed E-state index contributed by atoms with van der Waals surface area (Å²) in [6, 6.07) is 5.14. The molecule has 110 valence electrons. The summed E-state index contributed by atoms with van der Waals surface area (Å²) in [5.41, 5.74) is 2.33. The van der Waals surface area contributed by atoms with Gasteiger partial charge in [-0.1, -0.05) is 0 Å². The van der Waals surface area contributed by atoms with Gasteiger partial charge in [-0.2, -0.15) is 5.10 Å². The summed E-state index contributed by atoms with van der Waals surface area (Å²) in [5, 5.41) is 4.06. The van der Waals surface area contributed by atoms with E-state index in [2.05, 4.69) is 10.1 Å². The fourth-order valence-electron chi connectivity index (χ4n) is 2.97. The number of aromatic nitrogens is 3. The normalized spacial score (nSPS) is 17.7. The van der Waals surface area contributed by atoms with E-state index in [1.165, 1.54) is 12.1 Å². The minimum absolute atomic E-state index is 0.0826. The van der Waals surface area contributed by atoms with Gasteiger partial charge in [-0.3, -0.25) is 4.79 Å². The summed E-state index contributed by atoms with van der Waals surface area (Å²) < 4.78 is 28.3. The third-order valence-corrected chi connectivity index (χ3v) is 3.99. The molecular formula is C16H11F2N3O. The molecule has 6 heteroatoms. The minimum Gasteiger partial charge on any atom is -0.294 e. The van der Waals surface area contributed by atoms with Crippen molar-refractivity contribution in [1.29, 1.82) is 0 Å². The number of carbonyl (C=O) groups excluding carboxylic acids is 1. The van der Waals surface area contributed by atoms with E-state index in [9.17, 15) is 13.6 Å². The van der Waals surface area contributed by atoms with Gasteiger partial charge in [0.1, 0.15) is 11.6 Å². The average Bonchev–Trinajstić information content (AvgIpc) is 2.91. The molecule has 0 saturated heterocycles. The highest BCUT2D eigenvalue weighted by atomic mass is 19.1. The molecule has 0 spiro atoms. The van der Waals surface area contributed by atoms with Crippen LogP contribution in [-0.4, -0.2) is 20.4 Å². The summed E-state index contributed by atoms with van der Waals surface area (Å²) in [6.07, 6.45) is 3.97. The highest BCUT2D eigenvalue weighted by Crippen LogP contribution is 2.32. The molecule has 1 aromatic carbocycles. The van der Waals surface area contributed by atoms with Gasteiger partial charge in [0.15, 0.2) is 11.4 Å². The summed E-state index contributed by atoms with van der Waals surface area (Å²) in [6.45, 7) is 0. The van der Waals surface area contributed by atoms with Crippen molar-refractivity contribution in [3.8, 4) is 0 Å². The van der Waals surface area contributed by atoms with Crippen LogP contribution >= 0.6 is 0 Å². The van der Waals surface area contributed by atoms with E-state index in [4.69, 9.17) is 0 Å². The van der Waals surface area contributed by atoms with Crippen LogP contribution in [0.25, 0.3) is 5.65 Å². The molecule has 1 aliphatic carbocycles. The van der Waals surface area contributed by atoms with Gasteiger partial charge in [-0.15, -0.1) is 0 Å². The molecule has 1 atom stereocenters. The van der Waals surface area contributed by atoms with E-state index < -0.39 is 11.6 Å². The number of fused-ring (bicyclic) bond motifs is 2. The van der Waals surface area contributed by atoms with Crippen LogP contribution in [0.1, 0.15) is 34.0 Å². The Morgan fingerprint density at radius 3 is 2.68 bits per heavy atom. The van der Waals surface area contributed by atoms with Gasteiger partial charge in [0.25, 0.3) is 0 Å². The summed E-state index contributed by atoms with van der Waals surface area (Å²) in [7, 11) is 0. The number of rotatable bonds is 1. The van der Waals surface area contributed by atoms with E-state index in [0.717, 1.165) is 6.07 Å². The highest BCUT2D eigenvalue weighted by molar-refractivity contribution is 5.98. The first kappa shape index (κ1) is 13.1. The van der Waals surface area contributed by atoms with Gasteiger partial charge in [0, 0.05) is 24.8 Å². The molecule has 3 aromatic rings. The Kier molecular flexibility index (Phi) is 2.79. The number of hydrogen-bond donors (Lipinski definition) is 0. The molecule has 22 heavy (non-hydrogen) atoms. The van der Waals surface area contributed by atoms with E-state index in [1.54, 1.807) is 23.0 Å². The van der Waals surface area contributed by atoms with Crippen molar-refractivity contribution < 1.29 is 13.6 Å². The second-order valence-corrected chi connectivity index (χ2v) is 5.47. The highest BCUT2D eigenvalue weighted by Gasteiger charge is 2.28. The van der Waals surface area contributed by atoms with E-state index in [-0.39, 0.29) is 18.1 Å². The molecule has 1 aliphatic rings. The second kappa shape index (κ2) is 4.69. The van der Waals surface area contributed by atoms with Crippen molar-refractivity contribution in [3.05, 3.63) is 65.1 Å². The number of benzene rings is 1. The zero-order valence-corrected chi connectivity index (χ0v) is 11.5. The Bertz CT molecular complexity index is 883. The maximum atomic E-state index is 13.4. The van der Waals surface area contributed by atoms with Crippen LogP contribution < -0.4 is 0 Å². The molecule has 2 aromatic heterocycles. The van der Waals surface area contributed by atoms with Crippen molar-refractivity contribution >= 4 is 11.4 Å². The number of hydrogen-bond acceptors (Lipinski definition) is 3. The number of nitrogens with zero attached hydrogens (tertiary/aromatic N) is 3. The predicted molar refractivity (Wildman–Crippen MR) is 74.7 cm³/mol. The van der Waals surface area contributed by atoms with Crippen molar-refractivity contribution in [3.63, 3.8) is 0 Å². The van der Waals surface area contributed by atoms with Crippen molar-refractivity contribution in [2.24, 2.45) is 0 Å². The Hall–Kier alpha value is -2.63. The summed E-state index contributed by atoms with van der Waals surface area (Å²) in [5.74, 6) is -1.61. The molecule has 1 unspecified atom stereocenters. The van der Waals surface area contributed by atoms with Gasteiger partial charge in [0.05, 0.1) is 17.5 Å². The minimum atomic E-state index is -0.632. The molecule has 0 fully saturated rings. The smallest absolute Gasteiger partial charge is 0.166 e. The lowest BCUT2D eigenvalue weighted by molar-refractivity contribution is 0.0962. The first-order valence-corrected chi connectivity index (χ1v) is 6.92. The first-order chi connectivity index (χ1) is 10.6. The lowest BCUT2D eigenvalue weighted by Gasteiger charge is -2.23. The zero-order valence-electron chi connectivity index (χ0n) is 11.5. The number of carbonyl (C=O) groups is 1. The Morgan fingerprint density at radius 1 is 1.14 bits per heavy atom. The largest absolute Gasteiger partial charge is 0.294 e. The monoisotopic (exact) mass is 299 g/mol. The van der Waals surface area contributed by atoms with Gasteiger partial charge >= 0.3 is 0 Å². The van der Waals surface area contributed by atoms with Crippen LogP contribution in [0, 0.1) is 11.6 Å². The lowest BCUT2D eigenvalue weighted by atomic mass is 9.82. The van der Waals surface area contributed by atoms with Crippen LogP contribution in [0.4, 0.5) is 8.78 Å². The lowest BCUT2D eigenvalue weighted by Crippen LogP contribution is -2.21. The molecule has 2 heterocycles.